The molecule has 30 heavy (non-hydrogen) atoms. The molecular weight excluding hydrogens is 384 g/mol. The van der Waals surface area contributed by atoms with E-state index in [2.05, 4.69) is 20.4 Å². The van der Waals surface area contributed by atoms with Crippen LogP contribution >= 0.6 is 0 Å². The average molecular weight is 419 g/mol. The van der Waals surface area contributed by atoms with Gasteiger partial charge in [-0.1, -0.05) is 39.8 Å². The van der Waals surface area contributed by atoms with E-state index >= 15 is 0 Å². The van der Waals surface area contributed by atoms with Gasteiger partial charge in [0.1, 0.15) is 24.2 Å². The summed E-state index contributed by atoms with van der Waals surface area (Å²) in [6, 6.07) is 0. The van der Waals surface area contributed by atoms with E-state index in [1.807, 2.05) is 13.8 Å². The largest absolute Gasteiger partial charge is 0.460 e. The molecule has 0 N–H and O–H groups in total. The highest BCUT2D eigenvalue weighted by Gasteiger charge is 2.72. The molecule has 6 atom stereocenters. The van der Waals surface area contributed by atoms with Gasteiger partial charge in [-0.05, 0) is 50.0 Å². The van der Waals surface area contributed by atoms with Gasteiger partial charge in [-0.15, -0.1) is 0 Å². The van der Waals surface area contributed by atoms with Crippen molar-refractivity contribution in [1.29, 1.82) is 0 Å². The number of allylic oxidation sites excluding steroid dienone is 1. The summed E-state index contributed by atoms with van der Waals surface area (Å²) in [5, 5.41) is 0. The molecule has 0 aromatic heterocycles. The molecule has 0 aromatic carbocycles. The lowest BCUT2D eigenvalue weighted by Gasteiger charge is -2.46. The first-order valence-electron chi connectivity index (χ1n) is 10.8. The molecule has 6 heteroatoms. The molecule has 2 aliphatic carbocycles. The highest BCUT2D eigenvalue weighted by molar-refractivity contribution is 5.86. The fourth-order valence-electron chi connectivity index (χ4n) is 5.57. The summed E-state index contributed by atoms with van der Waals surface area (Å²) in [6.45, 7) is 15.7. The van der Waals surface area contributed by atoms with E-state index in [1.54, 1.807) is 13.8 Å². The maximum Gasteiger partial charge on any atom is 0.330 e. The van der Waals surface area contributed by atoms with Crippen LogP contribution in [0.3, 0.4) is 0 Å². The standard InChI is InChI=1S/C24H34O6/c1-13(2)10-18(25)29-17-9-8-15(5)23(7)12-24(16(6)11-28-22(24)27)20(19(17)23)30-21(26)14(3)4/h10,14-15,17,19-20H,6,8-9,11-12H2,1-5,7H3. The van der Waals surface area contributed by atoms with Crippen molar-refractivity contribution in [2.45, 2.75) is 73.0 Å². The summed E-state index contributed by atoms with van der Waals surface area (Å²) in [5.41, 5.74) is 0.0585. The van der Waals surface area contributed by atoms with Crippen molar-refractivity contribution in [3.63, 3.8) is 0 Å². The molecule has 1 saturated heterocycles. The first kappa shape index (κ1) is 22.6. The van der Waals surface area contributed by atoms with Crippen LogP contribution in [0.4, 0.5) is 0 Å². The van der Waals surface area contributed by atoms with Crippen molar-refractivity contribution in [2.24, 2.45) is 28.6 Å². The van der Waals surface area contributed by atoms with Crippen LogP contribution in [0.15, 0.2) is 23.8 Å². The molecule has 0 amide bonds. The molecule has 0 radical (unpaired) electrons. The molecule has 166 valence electrons. The molecule has 1 spiro atoms. The van der Waals surface area contributed by atoms with E-state index in [4.69, 9.17) is 14.2 Å². The summed E-state index contributed by atoms with van der Waals surface area (Å²) < 4.78 is 17.3. The van der Waals surface area contributed by atoms with Gasteiger partial charge in [-0.2, -0.15) is 0 Å². The normalized spacial score (nSPS) is 37.7. The Bertz CT molecular complexity index is 774. The number of ether oxygens (including phenoxy) is 3. The van der Waals surface area contributed by atoms with Gasteiger partial charge in [0, 0.05) is 12.0 Å². The molecule has 2 saturated carbocycles. The summed E-state index contributed by atoms with van der Waals surface area (Å²) in [7, 11) is 0. The Morgan fingerprint density at radius 3 is 2.43 bits per heavy atom. The van der Waals surface area contributed by atoms with Crippen molar-refractivity contribution in [1.82, 2.24) is 0 Å². The van der Waals surface area contributed by atoms with Crippen molar-refractivity contribution in [3.8, 4) is 0 Å². The van der Waals surface area contributed by atoms with E-state index in [0.717, 1.165) is 12.0 Å². The maximum atomic E-state index is 13.0. The number of hydrogen-bond acceptors (Lipinski definition) is 6. The van der Waals surface area contributed by atoms with Crippen LogP contribution in [-0.2, 0) is 28.6 Å². The number of esters is 3. The highest BCUT2D eigenvalue weighted by Crippen LogP contribution is 2.66. The van der Waals surface area contributed by atoms with Gasteiger partial charge < -0.3 is 14.2 Å². The van der Waals surface area contributed by atoms with Gasteiger partial charge in [0.25, 0.3) is 0 Å². The lowest BCUT2D eigenvalue weighted by atomic mass is 9.61. The second-order valence-electron chi connectivity index (χ2n) is 10.0. The molecule has 3 aliphatic rings. The Balaban J connectivity index is 2.07. The Hall–Kier alpha value is -2.11. The second kappa shape index (κ2) is 7.86. The zero-order chi connectivity index (χ0) is 22.4. The number of carbonyl (C=O) groups excluding carboxylic acids is 3. The second-order valence-corrected chi connectivity index (χ2v) is 10.0. The minimum atomic E-state index is -1.08. The van der Waals surface area contributed by atoms with Gasteiger partial charge in [-0.3, -0.25) is 9.59 Å². The first-order valence-corrected chi connectivity index (χ1v) is 10.8. The number of cyclic esters (lactones) is 1. The molecule has 0 bridgehead atoms. The van der Waals surface area contributed by atoms with E-state index in [0.29, 0.717) is 18.4 Å². The van der Waals surface area contributed by atoms with Crippen molar-refractivity contribution < 1.29 is 28.6 Å². The monoisotopic (exact) mass is 418 g/mol. The fraction of sp³-hybridized carbons (Fsp3) is 0.708. The maximum absolute atomic E-state index is 13.0. The van der Waals surface area contributed by atoms with E-state index in [9.17, 15) is 14.4 Å². The van der Waals surface area contributed by atoms with Gasteiger partial charge in [0.2, 0.25) is 0 Å². The molecule has 6 nitrogen and oxygen atoms in total. The summed E-state index contributed by atoms with van der Waals surface area (Å²) in [5.74, 6) is -1.54. The molecule has 3 rings (SSSR count). The van der Waals surface area contributed by atoms with Crippen LogP contribution < -0.4 is 0 Å². The highest BCUT2D eigenvalue weighted by atomic mass is 16.6. The van der Waals surface area contributed by atoms with Crippen LogP contribution in [0.2, 0.25) is 0 Å². The topological polar surface area (TPSA) is 78.9 Å². The van der Waals surface area contributed by atoms with Crippen molar-refractivity contribution >= 4 is 17.9 Å². The van der Waals surface area contributed by atoms with Crippen LogP contribution in [-0.4, -0.2) is 36.7 Å². The fourth-order valence-corrected chi connectivity index (χ4v) is 5.57. The Morgan fingerprint density at radius 2 is 1.90 bits per heavy atom. The van der Waals surface area contributed by atoms with Gasteiger partial charge in [0.15, 0.2) is 0 Å². The van der Waals surface area contributed by atoms with Crippen molar-refractivity contribution in [3.05, 3.63) is 23.8 Å². The third kappa shape index (κ3) is 3.48. The quantitative estimate of drug-likeness (QED) is 0.297. The number of carbonyl (C=O) groups is 3. The SMILES string of the molecule is C=C1COC(=O)C12CC1(C)C(C)CCC(OC(=O)C=C(C)C)C1C2OC(=O)C(C)C. The molecule has 1 aliphatic heterocycles. The van der Waals surface area contributed by atoms with Gasteiger partial charge in [0.05, 0.1) is 5.92 Å². The third-order valence-electron chi connectivity index (χ3n) is 7.40. The number of hydrogen-bond donors (Lipinski definition) is 0. The minimum absolute atomic E-state index is 0.133. The van der Waals surface area contributed by atoms with Crippen LogP contribution in [0.25, 0.3) is 0 Å². The van der Waals surface area contributed by atoms with E-state index in [-0.39, 0.29) is 41.7 Å². The lowest BCUT2D eigenvalue weighted by Crippen LogP contribution is -2.50. The van der Waals surface area contributed by atoms with E-state index in [1.165, 1.54) is 6.08 Å². The molecule has 6 unspecified atom stereocenters. The van der Waals surface area contributed by atoms with Gasteiger partial charge >= 0.3 is 17.9 Å². The van der Waals surface area contributed by atoms with Crippen molar-refractivity contribution in [2.75, 3.05) is 6.61 Å². The predicted molar refractivity (Wildman–Crippen MR) is 111 cm³/mol. The number of fused-ring (bicyclic) bond motifs is 1. The lowest BCUT2D eigenvalue weighted by molar-refractivity contribution is -0.176. The van der Waals surface area contributed by atoms with Gasteiger partial charge in [-0.25, -0.2) is 4.79 Å². The molecule has 1 heterocycles. The Labute approximate surface area is 179 Å². The van der Waals surface area contributed by atoms with E-state index < -0.39 is 23.6 Å². The molecule has 0 aromatic rings. The smallest absolute Gasteiger partial charge is 0.330 e. The zero-order valence-electron chi connectivity index (χ0n) is 18.9. The average Bonchev–Trinajstić information content (AvgIpc) is 3.07. The molecular formula is C24H34O6. The Morgan fingerprint density at radius 1 is 1.23 bits per heavy atom. The van der Waals surface area contributed by atoms with Crippen LogP contribution in [0, 0.1) is 28.6 Å². The third-order valence-corrected chi connectivity index (χ3v) is 7.40. The molecule has 3 fully saturated rings. The predicted octanol–water partition coefficient (Wildman–Crippen LogP) is 3.99. The first-order chi connectivity index (χ1) is 13.9. The zero-order valence-corrected chi connectivity index (χ0v) is 18.9. The van der Waals surface area contributed by atoms with Crippen LogP contribution in [0.5, 0.6) is 0 Å². The minimum Gasteiger partial charge on any atom is -0.460 e. The van der Waals surface area contributed by atoms with Crippen LogP contribution in [0.1, 0.15) is 60.8 Å². The number of rotatable bonds is 4. The summed E-state index contributed by atoms with van der Waals surface area (Å²) in [6.07, 6.45) is 2.28. The summed E-state index contributed by atoms with van der Waals surface area (Å²) in [4.78, 5) is 38.2. The Kier molecular flexibility index (Phi) is 5.91. The summed E-state index contributed by atoms with van der Waals surface area (Å²) >= 11 is 0.